The van der Waals surface area contributed by atoms with Crippen molar-refractivity contribution in [2.45, 2.75) is 6.92 Å². The third-order valence-corrected chi connectivity index (χ3v) is 3.68. The molecule has 0 aliphatic heterocycles. The molecule has 0 aliphatic rings. The number of ether oxygens (including phenoxy) is 1. The second-order valence-electron chi connectivity index (χ2n) is 4.83. The van der Waals surface area contributed by atoms with E-state index in [4.69, 9.17) is 16.3 Å². The predicted molar refractivity (Wildman–Crippen MR) is 86.9 cm³/mol. The second-order valence-corrected chi connectivity index (χ2v) is 5.26. The molecule has 1 aromatic heterocycles. The number of halogens is 1. The number of carboxylic acids is 1. The van der Waals surface area contributed by atoms with E-state index in [1.807, 2.05) is 37.3 Å². The summed E-state index contributed by atoms with van der Waals surface area (Å²) < 4.78 is 5.51. The summed E-state index contributed by atoms with van der Waals surface area (Å²) in [6.07, 6.45) is 0. The normalized spacial score (nSPS) is 10.8. The number of carbonyl (C=O) groups is 1. The van der Waals surface area contributed by atoms with Crippen molar-refractivity contribution in [1.29, 1.82) is 0 Å². The van der Waals surface area contributed by atoms with Crippen LogP contribution in [0.25, 0.3) is 22.0 Å². The van der Waals surface area contributed by atoms with Gasteiger partial charge in [-0.05, 0) is 42.8 Å². The third-order valence-electron chi connectivity index (χ3n) is 3.43. The van der Waals surface area contributed by atoms with Crippen molar-refractivity contribution >= 4 is 28.5 Å². The molecule has 1 heterocycles. The van der Waals surface area contributed by atoms with E-state index in [0.717, 1.165) is 16.5 Å². The van der Waals surface area contributed by atoms with Gasteiger partial charge < -0.3 is 14.8 Å². The summed E-state index contributed by atoms with van der Waals surface area (Å²) in [7, 11) is 0. The average molecular weight is 316 g/mol. The van der Waals surface area contributed by atoms with Crippen molar-refractivity contribution in [3.05, 3.63) is 53.2 Å². The molecular formula is C17H14ClNO3. The molecule has 112 valence electrons. The lowest BCUT2D eigenvalue weighted by Gasteiger charge is -2.05. The van der Waals surface area contributed by atoms with Crippen LogP contribution in [0.1, 0.15) is 17.4 Å². The number of aromatic nitrogens is 1. The van der Waals surface area contributed by atoms with Gasteiger partial charge in [0.15, 0.2) is 0 Å². The number of rotatable bonds is 4. The molecular weight excluding hydrogens is 302 g/mol. The Morgan fingerprint density at radius 2 is 1.95 bits per heavy atom. The van der Waals surface area contributed by atoms with Crippen molar-refractivity contribution in [3.63, 3.8) is 0 Å². The van der Waals surface area contributed by atoms with E-state index in [2.05, 4.69) is 4.98 Å². The lowest BCUT2D eigenvalue weighted by atomic mass is 10.0. The highest BCUT2D eigenvalue weighted by Crippen LogP contribution is 2.35. The Morgan fingerprint density at radius 1 is 1.23 bits per heavy atom. The van der Waals surface area contributed by atoms with Gasteiger partial charge in [0, 0.05) is 21.5 Å². The SMILES string of the molecule is CCOc1ccc2[nH]c(C(=O)O)c(-c3ccc(Cl)cc3)c2c1. The van der Waals surface area contributed by atoms with Crippen molar-refractivity contribution < 1.29 is 14.6 Å². The highest BCUT2D eigenvalue weighted by atomic mass is 35.5. The molecule has 0 saturated carbocycles. The molecule has 22 heavy (non-hydrogen) atoms. The minimum atomic E-state index is -1.00. The summed E-state index contributed by atoms with van der Waals surface area (Å²) in [6, 6.07) is 12.6. The van der Waals surface area contributed by atoms with Crippen LogP contribution in [-0.2, 0) is 0 Å². The summed E-state index contributed by atoms with van der Waals surface area (Å²) in [5.74, 6) is -0.291. The largest absolute Gasteiger partial charge is 0.494 e. The molecule has 3 rings (SSSR count). The third kappa shape index (κ3) is 2.53. The fraction of sp³-hybridized carbons (Fsp3) is 0.118. The van der Waals surface area contributed by atoms with Gasteiger partial charge in [0.1, 0.15) is 11.4 Å². The summed E-state index contributed by atoms with van der Waals surface area (Å²) in [5, 5.41) is 10.9. The molecule has 0 amide bonds. The number of hydrogen-bond donors (Lipinski definition) is 2. The van der Waals surface area contributed by atoms with E-state index in [-0.39, 0.29) is 5.69 Å². The molecule has 0 atom stereocenters. The summed E-state index contributed by atoms with van der Waals surface area (Å²) in [6.45, 7) is 2.46. The molecule has 0 spiro atoms. The Kier molecular flexibility index (Phi) is 3.77. The van der Waals surface area contributed by atoms with Crippen LogP contribution in [0.4, 0.5) is 0 Å². The number of fused-ring (bicyclic) bond motifs is 1. The molecule has 0 fully saturated rings. The summed E-state index contributed by atoms with van der Waals surface area (Å²) in [4.78, 5) is 14.5. The zero-order chi connectivity index (χ0) is 15.7. The molecule has 2 aromatic carbocycles. The second kappa shape index (κ2) is 5.73. The van der Waals surface area contributed by atoms with Gasteiger partial charge in [-0.2, -0.15) is 0 Å². The van der Waals surface area contributed by atoms with Crippen LogP contribution in [0.5, 0.6) is 5.75 Å². The maximum atomic E-state index is 11.6. The van der Waals surface area contributed by atoms with Crippen molar-refractivity contribution in [1.82, 2.24) is 4.98 Å². The summed E-state index contributed by atoms with van der Waals surface area (Å²) in [5.41, 5.74) is 2.35. The first-order valence-electron chi connectivity index (χ1n) is 6.88. The van der Waals surface area contributed by atoms with Crippen molar-refractivity contribution in [2.75, 3.05) is 6.61 Å². The van der Waals surface area contributed by atoms with Crippen LogP contribution in [0.2, 0.25) is 5.02 Å². The molecule has 0 unspecified atom stereocenters. The van der Waals surface area contributed by atoms with Gasteiger partial charge in [-0.3, -0.25) is 0 Å². The number of H-pyrrole nitrogens is 1. The Balaban J connectivity index is 2.27. The molecule has 3 aromatic rings. The van der Waals surface area contributed by atoms with Gasteiger partial charge >= 0.3 is 5.97 Å². The standard InChI is InChI=1S/C17H14ClNO3/c1-2-22-12-7-8-14-13(9-12)15(16(19-14)17(20)21)10-3-5-11(18)6-4-10/h3-9,19H,2H2,1H3,(H,20,21). The Morgan fingerprint density at radius 3 is 2.59 bits per heavy atom. The number of aromatic amines is 1. The highest BCUT2D eigenvalue weighted by Gasteiger charge is 2.19. The van der Waals surface area contributed by atoms with Gasteiger partial charge in [-0.1, -0.05) is 23.7 Å². The lowest BCUT2D eigenvalue weighted by molar-refractivity contribution is 0.0692. The monoisotopic (exact) mass is 315 g/mol. The van der Waals surface area contributed by atoms with E-state index >= 15 is 0 Å². The number of nitrogens with one attached hydrogen (secondary N) is 1. The molecule has 5 heteroatoms. The van der Waals surface area contributed by atoms with Crippen LogP contribution < -0.4 is 4.74 Å². The predicted octanol–water partition coefficient (Wildman–Crippen LogP) is 4.59. The first kappa shape index (κ1) is 14.5. The van der Waals surface area contributed by atoms with Crippen LogP contribution in [-0.4, -0.2) is 22.7 Å². The van der Waals surface area contributed by atoms with E-state index in [1.165, 1.54) is 0 Å². The van der Waals surface area contributed by atoms with Crippen molar-refractivity contribution in [3.8, 4) is 16.9 Å². The van der Waals surface area contributed by atoms with Crippen LogP contribution in [0.15, 0.2) is 42.5 Å². The van der Waals surface area contributed by atoms with E-state index < -0.39 is 5.97 Å². The van der Waals surface area contributed by atoms with Crippen molar-refractivity contribution in [2.24, 2.45) is 0 Å². The molecule has 0 bridgehead atoms. The van der Waals surface area contributed by atoms with Crippen LogP contribution in [0.3, 0.4) is 0 Å². The van der Waals surface area contributed by atoms with Crippen LogP contribution in [0, 0.1) is 0 Å². The molecule has 4 nitrogen and oxygen atoms in total. The van der Waals surface area contributed by atoms with E-state index in [9.17, 15) is 9.90 Å². The van der Waals surface area contributed by atoms with Crippen LogP contribution >= 0.6 is 11.6 Å². The first-order chi connectivity index (χ1) is 10.6. The quantitative estimate of drug-likeness (QED) is 0.740. The minimum absolute atomic E-state index is 0.158. The molecule has 2 N–H and O–H groups in total. The minimum Gasteiger partial charge on any atom is -0.494 e. The maximum absolute atomic E-state index is 11.6. The van der Waals surface area contributed by atoms with E-state index in [0.29, 0.717) is 22.9 Å². The topological polar surface area (TPSA) is 62.3 Å². The summed E-state index contributed by atoms with van der Waals surface area (Å²) >= 11 is 5.92. The van der Waals surface area contributed by atoms with Gasteiger partial charge in [0.25, 0.3) is 0 Å². The molecule has 0 radical (unpaired) electrons. The number of carboxylic acid groups (broad SMARTS) is 1. The Bertz CT molecular complexity index is 837. The average Bonchev–Trinajstić information content (AvgIpc) is 2.87. The van der Waals surface area contributed by atoms with E-state index in [1.54, 1.807) is 12.1 Å². The lowest BCUT2D eigenvalue weighted by Crippen LogP contribution is -1.98. The maximum Gasteiger partial charge on any atom is 0.352 e. The fourth-order valence-corrected chi connectivity index (χ4v) is 2.63. The number of hydrogen-bond acceptors (Lipinski definition) is 2. The zero-order valence-corrected chi connectivity index (χ0v) is 12.6. The Labute approximate surface area is 132 Å². The van der Waals surface area contributed by atoms with Gasteiger partial charge in [0.2, 0.25) is 0 Å². The van der Waals surface area contributed by atoms with Gasteiger partial charge in [-0.25, -0.2) is 4.79 Å². The number of aromatic carboxylic acids is 1. The first-order valence-corrected chi connectivity index (χ1v) is 7.25. The molecule has 0 saturated heterocycles. The van der Waals surface area contributed by atoms with Gasteiger partial charge in [0.05, 0.1) is 6.61 Å². The highest BCUT2D eigenvalue weighted by molar-refractivity contribution is 6.30. The Hall–Kier alpha value is -2.46. The smallest absolute Gasteiger partial charge is 0.352 e. The van der Waals surface area contributed by atoms with Gasteiger partial charge in [-0.15, -0.1) is 0 Å². The zero-order valence-electron chi connectivity index (χ0n) is 11.9. The fourth-order valence-electron chi connectivity index (χ4n) is 2.50. The molecule has 0 aliphatic carbocycles. The number of benzene rings is 2.